The first-order valence-electron chi connectivity index (χ1n) is 7.58. The third-order valence-electron chi connectivity index (χ3n) is 3.30. The minimum absolute atomic E-state index is 0.564. The molecule has 116 valence electrons. The molecule has 22 heavy (non-hydrogen) atoms. The summed E-state index contributed by atoms with van der Waals surface area (Å²) in [5.41, 5.74) is 3.20. The van der Waals surface area contributed by atoms with Gasteiger partial charge in [-0.05, 0) is 23.6 Å². The van der Waals surface area contributed by atoms with Crippen LogP contribution in [0.3, 0.4) is 0 Å². The second-order valence-electron chi connectivity index (χ2n) is 5.70. The summed E-state index contributed by atoms with van der Waals surface area (Å²) in [5.74, 6) is 1.42. The molecular formula is C18H24N4. The molecule has 0 spiro atoms. The van der Waals surface area contributed by atoms with E-state index >= 15 is 0 Å². The molecule has 0 saturated carbocycles. The second-order valence-corrected chi connectivity index (χ2v) is 5.70. The van der Waals surface area contributed by atoms with Crippen molar-refractivity contribution in [2.45, 2.75) is 13.8 Å². The zero-order chi connectivity index (χ0) is 15.9. The molecule has 0 aliphatic rings. The smallest absolute Gasteiger partial charge is 0.203 e. The van der Waals surface area contributed by atoms with E-state index in [1.165, 1.54) is 0 Å². The normalized spacial score (nSPS) is 12.5. The van der Waals surface area contributed by atoms with Crippen LogP contribution >= 0.6 is 0 Å². The lowest BCUT2D eigenvalue weighted by Crippen LogP contribution is -2.10. The van der Waals surface area contributed by atoms with Crippen LogP contribution in [0.4, 0.5) is 5.95 Å². The molecule has 0 unspecified atom stereocenters. The van der Waals surface area contributed by atoms with E-state index in [1.807, 2.05) is 37.5 Å². The topological polar surface area (TPSA) is 42.2 Å². The number of aliphatic imine (C=N–C) groups is 1. The molecule has 0 fully saturated rings. The van der Waals surface area contributed by atoms with Gasteiger partial charge in [0, 0.05) is 26.4 Å². The summed E-state index contributed by atoms with van der Waals surface area (Å²) < 4.78 is 2.06. The number of rotatable bonds is 7. The van der Waals surface area contributed by atoms with E-state index in [1.54, 1.807) is 6.08 Å². The summed E-state index contributed by atoms with van der Waals surface area (Å²) in [5, 5.41) is 3.37. The maximum absolute atomic E-state index is 4.61. The van der Waals surface area contributed by atoms with E-state index in [2.05, 4.69) is 46.4 Å². The van der Waals surface area contributed by atoms with Crippen molar-refractivity contribution in [3.63, 3.8) is 0 Å². The van der Waals surface area contributed by atoms with Gasteiger partial charge >= 0.3 is 0 Å². The lowest BCUT2D eigenvalue weighted by molar-refractivity contribution is 0.667. The Morgan fingerprint density at radius 1 is 1.41 bits per heavy atom. The van der Waals surface area contributed by atoms with E-state index in [0.29, 0.717) is 12.5 Å². The highest BCUT2D eigenvalue weighted by Crippen LogP contribution is 2.17. The first kappa shape index (κ1) is 16.0. The Morgan fingerprint density at radius 3 is 2.86 bits per heavy atom. The van der Waals surface area contributed by atoms with Crippen LogP contribution in [0, 0.1) is 5.92 Å². The molecule has 1 N–H and O–H groups in total. The molecule has 1 heterocycles. The Bertz CT molecular complexity index is 692. The molecule has 0 saturated heterocycles. The van der Waals surface area contributed by atoms with Crippen molar-refractivity contribution in [2.24, 2.45) is 18.0 Å². The molecule has 0 radical (unpaired) electrons. The summed E-state index contributed by atoms with van der Waals surface area (Å²) in [4.78, 5) is 9.07. The van der Waals surface area contributed by atoms with Crippen LogP contribution in [-0.4, -0.2) is 28.9 Å². The quantitative estimate of drug-likeness (QED) is 0.623. The Hall–Kier alpha value is -2.36. The van der Waals surface area contributed by atoms with Crippen LogP contribution in [0.1, 0.15) is 13.8 Å². The first-order chi connectivity index (χ1) is 10.6. The predicted molar refractivity (Wildman–Crippen MR) is 95.7 cm³/mol. The first-order valence-corrected chi connectivity index (χ1v) is 7.58. The predicted octanol–water partition coefficient (Wildman–Crippen LogP) is 3.82. The van der Waals surface area contributed by atoms with Crippen LogP contribution in [0.2, 0.25) is 0 Å². The maximum Gasteiger partial charge on any atom is 0.203 e. The number of aromatic nitrogens is 2. The van der Waals surface area contributed by atoms with Gasteiger partial charge in [0.05, 0.1) is 11.0 Å². The summed E-state index contributed by atoms with van der Waals surface area (Å²) in [6, 6.07) is 8.11. The van der Waals surface area contributed by atoms with Crippen LogP contribution in [0.15, 0.2) is 53.6 Å². The lowest BCUT2D eigenvalue weighted by Gasteiger charge is -2.07. The lowest BCUT2D eigenvalue weighted by atomic mass is 10.2. The van der Waals surface area contributed by atoms with Crippen LogP contribution in [0.5, 0.6) is 0 Å². The van der Waals surface area contributed by atoms with Gasteiger partial charge in [-0.25, -0.2) is 4.98 Å². The average molecular weight is 296 g/mol. The van der Waals surface area contributed by atoms with Gasteiger partial charge in [-0.2, -0.15) is 0 Å². The molecule has 2 rings (SSSR count). The standard InChI is InChI=1S/C18H24N4/c1-5-8-15(12-19-11-14(2)3)13-20-18-21-16-9-6-7-10-17(16)22(18)4/h5-10,12,14H,1,11,13H2,2-4H3,(H,20,21)/b15-8+,19-12?. The Morgan fingerprint density at radius 2 is 2.18 bits per heavy atom. The molecule has 0 aliphatic heterocycles. The molecule has 4 nitrogen and oxygen atoms in total. The molecule has 1 aromatic carbocycles. The summed E-state index contributed by atoms with van der Waals surface area (Å²) in [6.07, 6.45) is 5.67. The number of nitrogens with zero attached hydrogens (tertiary/aromatic N) is 3. The Kier molecular flexibility index (Phi) is 5.53. The molecule has 2 aromatic rings. The summed E-state index contributed by atoms with van der Waals surface area (Å²) in [6.45, 7) is 9.59. The number of fused-ring (bicyclic) bond motifs is 1. The van der Waals surface area contributed by atoms with Crippen molar-refractivity contribution in [1.82, 2.24) is 9.55 Å². The molecule has 0 aliphatic carbocycles. The molecule has 0 amide bonds. The average Bonchev–Trinajstić information content (AvgIpc) is 2.81. The van der Waals surface area contributed by atoms with Gasteiger partial charge in [-0.3, -0.25) is 4.99 Å². The number of aryl methyl sites for hydroxylation is 1. The molecule has 0 bridgehead atoms. The zero-order valence-electron chi connectivity index (χ0n) is 13.6. The van der Waals surface area contributed by atoms with Gasteiger partial charge in [0.2, 0.25) is 5.95 Å². The summed E-state index contributed by atoms with van der Waals surface area (Å²) >= 11 is 0. The fourth-order valence-corrected chi connectivity index (χ4v) is 2.16. The molecule has 0 atom stereocenters. The highest BCUT2D eigenvalue weighted by molar-refractivity contribution is 5.81. The third-order valence-corrected chi connectivity index (χ3v) is 3.30. The number of para-hydroxylation sites is 2. The van der Waals surface area contributed by atoms with Crippen LogP contribution in [0.25, 0.3) is 11.0 Å². The number of hydrogen-bond donors (Lipinski definition) is 1. The van der Waals surface area contributed by atoms with Crippen molar-refractivity contribution in [2.75, 3.05) is 18.4 Å². The molecule has 1 aromatic heterocycles. The van der Waals surface area contributed by atoms with Gasteiger partial charge in [0.25, 0.3) is 0 Å². The monoisotopic (exact) mass is 296 g/mol. The number of nitrogens with one attached hydrogen (secondary N) is 1. The van der Waals surface area contributed by atoms with E-state index < -0.39 is 0 Å². The van der Waals surface area contributed by atoms with Gasteiger partial charge in [0.15, 0.2) is 0 Å². The Labute approximate surface area is 132 Å². The number of allylic oxidation sites excluding steroid dienone is 2. The number of benzene rings is 1. The SMILES string of the molecule is C=C/C=C(\C=NCC(C)C)CNc1nc2ccccc2n1C. The zero-order valence-corrected chi connectivity index (χ0v) is 13.6. The number of anilines is 1. The van der Waals surface area contributed by atoms with Crippen molar-refractivity contribution in [1.29, 1.82) is 0 Å². The largest absolute Gasteiger partial charge is 0.351 e. The fourth-order valence-electron chi connectivity index (χ4n) is 2.16. The highest BCUT2D eigenvalue weighted by atomic mass is 15.2. The van der Waals surface area contributed by atoms with E-state index in [9.17, 15) is 0 Å². The molecule has 4 heteroatoms. The minimum atomic E-state index is 0.564. The maximum atomic E-state index is 4.61. The van der Waals surface area contributed by atoms with Gasteiger partial charge in [0.1, 0.15) is 0 Å². The van der Waals surface area contributed by atoms with Crippen molar-refractivity contribution < 1.29 is 0 Å². The van der Waals surface area contributed by atoms with E-state index in [-0.39, 0.29) is 0 Å². The van der Waals surface area contributed by atoms with Crippen molar-refractivity contribution >= 4 is 23.2 Å². The van der Waals surface area contributed by atoms with Crippen molar-refractivity contribution in [3.8, 4) is 0 Å². The van der Waals surface area contributed by atoms with E-state index in [0.717, 1.165) is 29.1 Å². The van der Waals surface area contributed by atoms with Gasteiger partial charge in [-0.15, -0.1) is 0 Å². The fraction of sp³-hybridized carbons (Fsp3) is 0.333. The Balaban J connectivity index is 2.08. The number of imidazole rings is 1. The van der Waals surface area contributed by atoms with Crippen molar-refractivity contribution in [3.05, 3.63) is 48.6 Å². The minimum Gasteiger partial charge on any atom is -0.351 e. The van der Waals surface area contributed by atoms with Gasteiger partial charge < -0.3 is 9.88 Å². The highest BCUT2D eigenvalue weighted by Gasteiger charge is 2.06. The van der Waals surface area contributed by atoms with E-state index in [4.69, 9.17) is 0 Å². The third kappa shape index (κ3) is 4.07. The second kappa shape index (κ2) is 7.59. The van der Waals surface area contributed by atoms with Crippen LogP contribution in [-0.2, 0) is 7.05 Å². The van der Waals surface area contributed by atoms with Gasteiger partial charge in [-0.1, -0.05) is 44.7 Å². The van der Waals surface area contributed by atoms with Crippen LogP contribution < -0.4 is 5.32 Å². The summed E-state index contributed by atoms with van der Waals surface area (Å²) in [7, 11) is 2.02. The number of hydrogen-bond acceptors (Lipinski definition) is 3. The molecular weight excluding hydrogens is 272 g/mol.